The van der Waals surface area contributed by atoms with Gasteiger partial charge in [0.05, 0.1) is 0 Å². The lowest BCUT2D eigenvalue weighted by molar-refractivity contribution is 0.701. The molecule has 0 radical (unpaired) electrons. The molecule has 70 valence electrons. The molecule has 0 saturated carbocycles. The molecule has 0 aliphatic carbocycles. The van der Waals surface area contributed by atoms with Gasteiger partial charge in [-0.15, -0.1) is 0 Å². The summed E-state index contributed by atoms with van der Waals surface area (Å²) in [5, 5.41) is 1.25. The largest absolute Gasteiger partial charge is 0.323 e. The number of rotatable bonds is 2. The molecule has 12 heavy (non-hydrogen) atoms. The van der Waals surface area contributed by atoms with Crippen LogP contribution in [-0.4, -0.2) is 28.0 Å². The van der Waals surface area contributed by atoms with Crippen molar-refractivity contribution in [2.45, 2.75) is 30.4 Å². The molecular weight excluding hydrogens is 186 g/mol. The molecule has 0 bridgehead atoms. The van der Waals surface area contributed by atoms with Gasteiger partial charge in [0.15, 0.2) is 0 Å². The molecule has 0 aromatic rings. The Morgan fingerprint density at radius 1 is 1.50 bits per heavy atom. The first-order valence-corrected chi connectivity index (χ1v) is 6.37. The van der Waals surface area contributed by atoms with Crippen LogP contribution in [0.1, 0.15) is 13.8 Å². The molecule has 0 aromatic heterocycles. The van der Waals surface area contributed by atoms with Gasteiger partial charge in [-0.05, 0) is 6.92 Å². The fraction of sp³-hybridized carbons (Fsp3) is 0.778. The fourth-order valence-corrected chi connectivity index (χ4v) is 4.28. The number of hydrogen-bond donors (Lipinski definition) is 1. The van der Waals surface area contributed by atoms with Gasteiger partial charge in [0.1, 0.15) is 0 Å². The van der Waals surface area contributed by atoms with Crippen LogP contribution in [-0.2, 0) is 0 Å². The van der Waals surface area contributed by atoms with Crippen LogP contribution in [0.15, 0.2) is 12.2 Å². The van der Waals surface area contributed by atoms with Crippen LogP contribution in [0.5, 0.6) is 0 Å². The number of hydrogen-bond acceptors (Lipinski definition) is 3. The van der Waals surface area contributed by atoms with E-state index in [4.69, 9.17) is 5.73 Å². The lowest BCUT2D eigenvalue weighted by Gasteiger charge is -2.32. The molecule has 1 aliphatic rings. The second-order valence-corrected chi connectivity index (χ2v) is 6.05. The summed E-state index contributed by atoms with van der Waals surface area (Å²) in [5.41, 5.74) is 7.16. The van der Waals surface area contributed by atoms with E-state index in [1.165, 1.54) is 11.5 Å². The summed E-state index contributed by atoms with van der Waals surface area (Å²) in [6.07, 6.45) is 0. The van der Waals surface area contributed by atoms with E-state index in [-0.39, 0.29) is 6.04 Å². The molecule has 0 amide bonds. The van der Waals surface area contributed by atoms with E-state index in [2.05, 4.69) is 13.5 Å². The molecule has 2 N–H and O–H groups in total. The van der Waals surface area contributed by atoms with E-state index in [0.29, 0.717) is 10.5 Å². The molecule has 1 fully saturated rings. The Balaban J connectivity index is 2.53. The number of nitrogens with two attached hydrogens (primary N) is 1. The smallest absolute Gasteiger partial charge is 0.0379 e. The topological polar surface area (TPSA) is 26.0 Å². The third kappa shape index (κ3) is 2.44. The highest BCUT2D eigenvalue weighted by atomic mass is 32.2. The lowest BCUT2D eigenvalue weighted by atomic mass is 10.1. The molecule has 1 saturated heterocycles. The maximum absolute atomic E-state index is 6.05. The van der Waals surface area contributed by atoms with Gasteiger partial charge in [-0.25, -0.2) is 0 Å². The van der Waals surface area contributed by atoms with Crippen molar-refractivity contribution in [3.63, 3.8) is 0 Å². The Kier molecular flexibility index (Phi) is 4.00. The van der Waals surface area contributed by atoms with Crippen LogP contribution >= 0.6 is 23.5 Å². The summed E-state index contributed by atoms with van der Waals surface area (Å²) in [5.74, 6) is 2.51. The van der Waals surface area contributed by atoms with Gasteiger partial charge in [-0.3, -0.25) is 0 Å². The Morgan fingerprint density at radius 2 is 2.08 bits per heavy atom. The van der Waals surface area contributed by atoms with E-state index in [1.807, 2.05) is 30.4 Å². The second-order valence-electron chi connectivity index (χ2n) is 3.28. The normalized spacial score (nSPS) is 32.9. The minimum Gasteiger partial charge on any atom is -0.323 e. The van der Waals surface area contributed by atoms with Crippen molar-refractivity contribution in [3.05, 3.63) is 12.2 Å². The van der Waals surface area contributed by atoms with E-state index in [0.717, 1.165) is 5.57 Å². The zero-order valence-electron chi connectivity index (χ0n) is 7.75. The summed E-state index contributed by atoms with van der Waals surface area (Å²) < 4.78 is 0. The highest BCUT2D eigenvalue weighted by Gasteiger charge is 2.28. The molecule has 3 atom stereocenters. The molecule has 3 unspecified atom stereocenters. The van der Waals surface area contributed by atoms with Crippen LogP contribution < -0.4 is 5.73 Å². The van der Waals surface area contributed by atoms with Gasteiger partial charge >= 0.3 is 0 Å². The number of thioether (sulfide) groups is 2. The van der Waals surface area contributed by atoms with Crippen LogP contribution in [0, 0.1) is 0 Å². The second kappa shape index (κ2) is 4.58. The Bertz CT molecular complexity index is 170. The van der Waals surface area contributed by atoms with Gasteiger partial charge in [-0.2, -0.15) is 23.5 Å². The van der Waals surface area contributed by atoms with Gasteiger partial charge in [0.2, 0.25) is 0 Å². The van der Waals surface area contributed by atoms with E-state index in [9.17, 15) is 0 Å². The van der Waals surface area contributed by atoms with Crippen molar-refractivity contribution >= 4 is 23.5 Å². The first kappa shape index (κ1) is 10.5. The van der Waals surface area contributed by atoms with Gasteiger partial charge in [0.25, 0.3) is 0 Å². The third-order valence-electron chi connectivity index (χ3n) is 2.16. The Labute approximate surface area is 83.5 Å². The highest BCUT2D eigenvalue weighted by molar-refractivity contribution is 8.07. The van der Waals surface area contributed by atoms with Crippen molar-refractivity contribution in [3.8, 4) is 0 Å². The van der Waals surface area contributed by atoms with E-state index >= 15 is 0 Å². The molecule has 1 heterocycles. The fourth-order valence-electron chi connectivity index (χ4n) is 1.32. The predicted molar refractivity (Wildman–Crippen MR) is 61.0 cm³/mol. The summed E-state index contributed by atoms with van der Waals surface area (Å²) >= 11 is 4.03. The van der Waals surface area contributed by atoms with Gasteiger partial charge in [0, 0.05) is 28.0 Å². The standard InChI is InChI=1S/C9H17NS2/c1-6(2)8(10)9-7(3)11-4-5-12-9/h7-9H,1,4-5,10H2,2-3H3. The maximum Gasteiger partial charge on any atom is 0.0379 e. The lowest BCUT2D eigenvalue weighted by Crippen LogP contribution is -2.41. The monoisotopic (exact) mass is 203 g/mol. The summed E-state index contributed by atoms with van der Waals surface area (Å²) in [4.78, 5) is 0. The van der Waals surface area contributed by atoms with Gasteiger partial charge in [-0.1, -0.05) is 19.1 Å². The molecule has 1 rings (SSSR count). The first-order chi connectivity index (χ1) is 5.63. The summed E-state index contributed by atoms with van der Waals surface area (Å²) in [7, 11) is 0. The van der Waals surface area contributed by atoms with Crippen molar-refractivity contribution in [2.75, 3.05) is 11.5 Å². The van der Waals surface area contributed by atoms with Crippen LogP contribution in [0.4, 0.5) is 0 Å². The van der Waals surface area contributed by atoms with Crippen molar-refractivity contribution in [1.29, 1.82) is 0 Å². The first-order valence-electron chi connectivity index (χ1n) is 4.27. The minimum atomic E-state index is 0.179. The van der Waals surface area contributed by atoms with Crippen molar-refractivity contribution in [1.82, 2.24) is 0 Å². The zero-order chi connectivity index (χ0) is 9.14. The van der Waals surface area contributed by atoms with E-state index in [1.54, 1.807) is 0 Å². The zero-order valence-corrected chi connectivity index (χ0v) is 9.38. The molecule has 0 spiro atoms. The van der Waals surface area contributed by atoms with Gasteiger partial charge < -0.3 is 5.73 Å². The molecule has 0 aromatic carbocycles. The minimum absolute atomic E-state index is 0.179. The average molecular weight is 203 g/mol. The Morgan fingerprint density at radius 3 is 2.58 bits per heavy atom. The van der Waals surface area contributed by atoms with Crippen LogP contribution in [0.25, 0.3) is 0 Å². The molecule has 1 aliphatic heterocycles. The predicted octanol–water partition coefficient (Wildman–Crippen LogP) is 2.13. The molecule has 3 heteroatoms. The average Bonchev–Trinajstić information content (AvgIpc) is 2.04. The van der Waals surface area contributed by atoms with E-state index < -0.39 is 0 Å². The molecular formula is C9H17NS2. The van der Waals surface area contributed by atoms with Crippen molar-refractivity contribution < 1.29 is 0 Å². The summed E-state index contributed by atoms with van der Waals surface area (Å²) in [6.45, 7) is 8.21. The SMILES string of the molecule is C=C(C)C(N)C1SCCSC1C. The maximum atomic E-state index is 6.05. The highest BCUT2D eigenvalue weighted by Crippen LogP contribution is 2.33. The Hall–Kier alpha value is 0.400. The van der Waals surface area contributed by atoms with Crippen LogP contribution in [0.3, 0.4) is 0 Å². The molecule has 1 nitrogen and oxygen atoms in total. The van der Waals surface area contributed by atoms with Crippen LogP contribution in [0.2, 0.25) is 0 Å². The summed E-state index contributed by atoms with van der Waals surface area (Å²) in [6, 6.07) is 0.179. The van der Waals surface area contributed by atoms with Crippen molar-refractivity contribution in [2.24, 2.45) is 5.73 Å². The third-order valence-corrected chi connectivity index (χ3v) is 5.38. The quantitative estimate of drug-likeness (QED) is 0.696.